The molecule has 1 aromatic carbocycles. The van der Waals surface area contributed by atoms with E-state index in [-0.39, 0.29) is 11.7 Å². The van der Waals surface area contributed by atoms with Crippen LogP contribution in [0.4, 0.5) is 5.69 Å². The van der Waals surface area contributed by atoms with Gasteiger partial charge in [0.15, 0.2) is 11.0 Å². The van der Waals surface area contributed by atoms with E-state index in [1.54, 1.807) is 23.7 Å². The molecule has 4 rings (SSSR count). The average Bonchev–Trinajstić information content (AvgIpc) is 3.47. The van der Waals surface area contributed by atoms with Gasteiger partial charge in [-0.15, -0.1) is 28.1 Å². The molecule has 9 heteroatoms. The van der Waals surface area contributed by atoms with E-state index in [9.17, 15) is 4.79 Å². The van der Waals surface area contributed by atoms with Gasteiger partial charge in [-0.25, -0.2) is 4.98 Å². The fraction of sp³-hybridized carbons (Fsp3) is 0.182. The van der Waals surface area contributed by atoms with Crippen LogP contribution in [0.2, 0.25) is 0 Å². The molecule has 4 aromatic rings. The van der Waals surface area contributed by atoms with Crippen LogP contribution in [0.3, 0.4) is 0 Å². The highest BCUT2D eigenvalue weighted by Crippen LogP contribution is 2.28. The maximum atomic E-state index is 12.6. The van der Waals surface area contributed by atoms with Gasteiger partial charge in [-0.05, 0) is 32.0 Å². The van der Waals surface area contributed by atoms with Crippen LogP contribution < -0.4 is 5.32 Å². The first-order chi connectivity index (χ1) is 15.0. The molecule has 0 radical (unpaired) electrons. The van der Waals surface area contributed by atoms with Gasteiger partial charge < -0.3 is 9.73 Å². The maximum Gasteiger partial charge on any atom is 0.234 e. The Morgan fingerprint density at radius 1 is 1.32 bits per heavy atom. The van der Waals surface area contributed by atoms with E-state index in [1.807, 2.05) is 54.1 Å². The SMILES string of the molecule is C=CCn1c(SCC(=O)Nc2cccc(-c3csc(C)n3)c2)nnc1-c1ccoc1C. The lowest BCUT2D eigenvalue weighted by Crippen LogP contribution is -2.14. The number of carbonyl (C=O) groups excluding carboxylic acids is 1. The van der Waals surface area contributed by atoms with Crippen LogP contribution in [0.15, 0.2) is 64.2 Å². The Balaban J connectivity index is 1.44. The van der Waals surface area contributed by atoms with Crippen molar-refractivity contribution in [3.05, 3.63) is 65.4 Å². The van der Waals surface area contributed by atoms with E-state index in [0.29, 0.717) is 17.5 Å². The molecule has 31 heavy (non-hydrogen) atoms. The number of aromatic nitrogens is 4. The fourth-order valence-corrected chi connectivity index (χ4v) is 4.45. The third kappa shape index (κ3) is 4.78. The van der Waals surface area contributed by atoms with Crippen molar-refractivity contribution in [2.45, 2.75) is 25.5 Å². The molecular formula is C22H21N5O2S2. The molecule has 7 nitrogen and oxygen atoms in total. The van der Waals surface area contributed by atoms with E-state index in [0.717, 1.165) is 33.3 Å². The zero-order valence-corrected chi connectivity index (χ0v) is 18.8. The van der Waals surface area contributed by atoms with Crippen molar-refractivity contribution < 1.29 is 9.21 Å². The predicted octanol–water partition coefficient (Wildman–Crippen LogP) is 5.20. The summed E-state index contributed by atoms with van der Waals surface area (Å²) in [6, 6.07) is 9.54. The molecule has 0 aliphatic rings. The maximum absolute atomic E-state index is 12.6. The number of hydrogen-bond donors (Lipinski definition) is 1. The second kappa shape index (κ2) is 9.32. The third-order valence-corrected chi connectivity index (χ3v) is 6.26. The Morgan fingerprint density at radius 3 is 2.90 bits per heavy atom. The summed E-state index contributed by atoms with van der Waals surface area (Å²) in [6.45, 7) is 8.20. The van der Waals surface area contributed by atoms with Gasteiger partial charge in [0.25, 0.3) is 0 Å². The van der Waals surface area contributed by atoms with Crippen molar-refractivity contribution in [1.29, 1.82) is 0 Å². The van der Waals surface area contributed by atoms with Gasteiger partial charge in [0.05, 0.1) is 28.3 Å². The fourth-order valence-electron chi connectivity index (χ4n) is 3.08. The lowest BCUT2D eigenvalue weighted by molar-refractivity contribution is -0.113. The summed E-state index contributed by atoms with van der Waals surface area (Å²) in [7, 11) is 0. The van der Waals surface area contributed by atoms with Gasteiger partial charge in [0.1, 0.15) is 5.76 Å². The number of rotatable bonds is 8. The molecule has 0 bridgehead atoms. The van der Waals surface area contributed by atoms with Crippen molar-refractivity contribution in [2.75, 3.05) is 11.1 Å². The zero-order valence-electron chi connectivity index (χ0n) is 17.2. The van der Waals surface area contributed by atoms with Gasteiger partial charge in [0.2, 0.25) is 5.91 Å². The van der Waals surface area contributed by atoms with E-state index in [1.165, 1.54) is 11.8 Å². The summed E-state index contributed by atoms with van der Waals surface area (Å²) < 4.78 is 7.31. The van der Waals surface area contributed by atoms with Crippen LogP contribution in [-0.4, -0.2) is 31.4 Å². The minimum absolute atomic E-state index is 0.120. The van der Waals surface area contributed by atoms with Crippen molar-refractivity contribution in [3.63, 3.8) is 0 Å². The Hall–Kier alpha value is -3.17. The molecule has 0 spiro atoms. The van der Waals surface area contributed by atoms with Crippen LogP contribution in [0.1, 0.15) is 10.8 Å². The van der Waals surface area contributed by atoms with Gasteiger partial charge in [-0.1, -0.05) is 30.0 Å². The second-order valence-electron chi connectivity index (χ2n) is 6.77. The van der Waals surface area contributed by atoms with Crippen LogP contribution in [-0.2, 0) is 11.3 Å². The lowest BCUT2D eigenvalue weighted by Gasteiger charge is -2.08. The minimum Gasteiger partial charge on any atom is -0.469 e. The van der Waals surface area contributed by atoms with Crippen molar-refractivity contribution in [1.82, 2.24) is 19.7 Å². The van der Waals surface area contributed by atoms with Crippen LogP contribution >= 0.6 is 23.1 Å². The zero-order chi connectivity index (χ0) is 21.8. The summed E-state index contributed by atoms with van der Waals surface area (Å²) in [5.41, 5.74) is 3.49. The Morgan fingerprint density at radius 2 is 2.19 bits per heavy atom. The molecule has 1 amide bonds. The smallest absolute Gasteiger partial charge is 0.234 e. The van der Waals surface area contributed by atoms with E-state index in [4.69, 9.17) is 4.42 Å². The van der Waals surface area contributed by atoms with Crippen molar-refractivity contribution >= 4 is 34.7 Å². The predicted molar refractivity (Wildman–Crippen MR) is 124 cm³/mol. The lowest BCUT2D eigenvalue weighted by atomic mass is 10.1. The number of allylic oxidation sites excluding steroid dienone is 1. The molecule has 3 aromatic heterocycles. The molecule has 0 unspecified atom stereocenters. The molecule has 0 saturated carbocycles. The van der Waals surface area contributed by atoms with Crippen LogP contribution in [0.5, 0.6) is 0 Å². The van der Waals surface area contributed by atoms with Gasteiger partial charge in [-0.2, -0.15) is 0 Å². The Kier molecular flexibility index (Phi) is 6.34. The van der Waals surface area contributed by atoms with E-state index in [2.05, 4.69) is 27.1 Å². The van der Waals surface area contributed by atoms with Gasteiger partial charge in [0, 0.05) is 23.2 Å². The molecule has 0 aliphatic carbocycles. The summed E-state index contributed by atoms with van der Waals surface area (Å²) >= 11 is 2.93. The number of thioether (sulfide) groups is 1. The normalized spacial score (nSPS) is 10.9. The highest BCUT2D eigenvalue weighted by atomic mass is 32.2. The highest BCUT2D eigenvalue weighted by Gasteiger charge is 2.17. The topological polar surface area (TPSA) is 85.8 Å². The van der Waals surface area contributed by atoms with Crippen LogP contribution in [0, 0.1) is 13.8 Å². The Bertz CT molecular complexity index is 1220. The second-order valence-corrected chi connectivity index (χ2v) is 8.77. The number of carbonyl (C=O) groups is 1. The quantitative estimate of drug-likeness (QED) is 0.293. The number of nitrogens with zero attached hydrogens (tertiary/aromatic N) is 4. The first kappa shape index (κ1) is 21.1. The monoisotopic (exact) mass is 451 g/mol. The standard InChI is InChI=1S/C22H21N5O2S2/c1-4-9-27-21(18-8-10-29-14(18)2)25-26-22(27)31-13-20(28)24-17-7-5-6-16(11-17)19-12-30-15(3)23-19/h4-8,10-12H,1,9,13H2,2-3H3,(H,24,28). The van der Waals surface area contributed by atoms with E-state index < -0.39 is 0 Å². The molecule has 0 saturated heterocycles. The number of amides is 1. The number of benzene rings is 1. The molecule has 0 atom stereocenters. The average molecular weight is 452 g/mol. The van der Waals surface area contributed by atoms with Gasteiger partial charge in [-0.3, -0.25) is 9.36 Å². The molecule has 158 valence electrons. The third-order valence-electron chi connectivity index (χ3n) is 4.52. The number of hydrogen-bond acceptors (Lipinski definition) is 7. The Labute approximate surface area is 188 Å². The molecule has 0 aliphatic heterocycles. The molecule has 0 fully saturated rings. The number of thiazole rings is 1. The first-order valence-corrected chi connectivity index (χ1v) is 11.5. The number of nitrogens with one attached hydrogen (secondary N) is 1. The first-order valence-electron chi connectivity index (χ1n) is 9.59. The summed E-state index contributed by atoms with van der Waals surface area (Å²) in [5.74, 6) is 1.55. The number of furan rings is 1. The van der Waals surface area contributed by atoms with E-state index >= 15 is 0 Å². The highest BCUT2D eigenvalue weighted by molar-refractivity contribution is 7.99. The van der Waals surface area contributed by atoms with Crippen molar-refractivity contribution in [2.24, 2.45) is 0 Å². The largest absolute Gasteiger partial charge is 0.469 e. The number of anilines is 1. The molecule has 3 heterocycles. The summed E-state index contributed by atoms with van der Waals surface area (Å²) in [4.78, 5) is 17.1. The van der Waals surface area contributed by atoms with Crippen molar-refractivity contribution in [3.8, 4) is 22.6 Å². The van der Waals surface area contributed by atoms with Crippen LogP contribution in [0.25, 0.3) is 22.6 Å². The van der Waals surface area contributed by atoms with Gasteiger partial charge >= 0.3 is 0 Å². The number of aryl methyl sites for hydroxylation is 2. The molecular weight excluding hydrogens is 430 g/mol. The summed E-state index contributed by atoms with van der Waals surface area (Å²) in [5, 5.41) is 15.2. The molecule has 1 N–H and O–H groups in total. The minimum atomic E-state index is -0.120. The summed E-state index contributed by atoms with van der Waals surface area (Å²) in [6.07, 6.45) is 3.40.